The van der Waals surface area contributed by atoms with Crippen molar-refractivity contribution in [3.63, 3.8) is 0 Å². The summed E-state index contributed by atoms with van der Waals surface area (Å²) in [5, 5.41) is 1.07. The van der Waals surface area contributed by atoms with Gasteiger partial charge in [-0.1, -0.05) is 56.7 Å². The number of anilines is 2. The molecule has 10 heteroatoms. The fourth-order valence-corrected chi connectivity index (χ4v) is 7.43. The van der Waals surface area contributed by atoms with E-state index in [-0.39, 0.29) is 41.6 Å². The lowest BCUT2D eigenvalue weighted by Crippen LogP contribution is -2.49. The fraction of sp³-hybridized carbons (Fsp3) is 0.543. The first-order chi connectivity index (χ1) is 21.8. The van der Waals surface area contributed by atoms with Gasteiger partial charge in [0.15, 0.2) is 5.75 Å². The van der Waals surface area contributed by atoms with Gasteiger partial charge >= 0.3 is 6.36 Å². The van der Waals surface area contributed by atoms with E-state index in [2.05, 4.69) is 20.6 Å². The smallest absolute Gasteiger partial charge is 0.404 e. The van der Waals surface area contributed by atoms with Crippen molar-refractivity contribution in [3.05, 3.63) is 54.7 Å². The molecule has 0 radical (unpaired) electrons. The number of hydrogen-bond donors (Lipinski definition) is 0. The second-order valence-electron chi connectivity index (χ2n) is 12.7. The van der Waals surface area contributed by atoms with Crippen LogP contribution in [0.5, 0.6) is 5.75 Å². The first kappa shape index (κ1) is 31.5. The van der Waals surface area contributed by atoms with E-state index in [1.54, 1.807) is 12.1 Å². The molecule has 0 N–H and O–H groups in total. The molecule has 1 aliphatic heterocycles. The molecule has 1 amide bonds. The lowest BCUT2D eigenvalue weighted by atomic mass is 9.88. The number of alkyl halides is 3. The number of carbonyl (C=O) groups excluding carboxylic acids is 2. The molecule has 0 bridgehead atoms. The van der Waals surface area contributed by atoms with Crippen LogP contribution in [-0.2, 0) is 4.79 Å². The molecule has 7 nitrogen and oxygen atoms in total. The number of carbonyl (C=O) groups is 2. The van der Waals surface area contributed by atoms with Crippen molar-refractivity contribution in [2.45, 2.75) is 70.6 Å². The normalized spacial score (nSPS) is 19.1. The molecule has 0 spiro atoms. The van der Waals surface area contributed by atoms with E-state index in [0.29, 0.717) is 6.54 Å². The van der Waals surface area contributed by atoms with E-state index in [0.717, 1.165) is 101 Å². The van der Waals surface area contributed by atoms with Gasteiger partial charge < -0.3 is 14.5 Å². The minimum absolute atomic E-state index is 0.0955. The number of piperazine rings is 1. The minimum Gasteiger partial charge on any atom is -0.404 e. The molecular formula is C35H43F3N4O3. The summed E-state index contributed by atoms with van der Waals surface area (Å²) in [6, 6.07) is 14.2. The predicted octanol–water partition coefficient (Wildman–Crippen LogP) is 7.50. The number of hydrogen-bond acceptors (Lipinski definition) is 5. The largest absolute Gasteiger partial charge is 0.573 e. The molecule has 2 heterocycles. The molecule has 1 saturated heterocycles. The third-order valence-corrected chi connectivity index (χ3v) is 9.86. The van der Waals surface area contributed by atoms with Crippen LogP contribution in [0.15, 0.2) is 54.7 Å². The molecule has 2 saturated carbocycles. The maximum absolute atomic E-state index is 13.7. The van der Waals surface area contributed by atoms with E-state index in [1.807, 2.05) is 29.0 Å². The maximum Gasteiger partial charge on any atom is 0.573 e. The summed E-state index contributed by atoms with van der Waals surface area (Å²) < 4.78 is 46.0. The summed E-state index contributed by atoms with van der Waals surface area (Å²) in [6.45, 7) is 3.88. The van der Waals surface area contributed by atoms with Crippen molar-refractivity contribution < 1.29 is 27.5 Å². The zero-order valence-electron chi connectivity index (χ0n) is 25.8. The monoisotopic (exact) mass is 624 g/mol. The highest BCUT2D eigenvalue weighted by molar-refractivity contribution is 5.99. The van der Waals surface area contributed by atoms with E-state index in [4.69, 9.17) is 0 Å². The number of aromatic nitrogens is 1. The predicted molar refractivity (Wildman–Crippen MR) is 170 cm³/mol. The number of ether oxygens (including phenoxy) is 1. The molecule has 3 aromatic rings. The van der Waals surface area contributed by atoms with Crippen molar-refractivity contribution in [1.29, 1.82) is 0 Å². The van der Waals surface area contributed by atoms with Crippen molar-refractivity contribution in [2.24, 2.45) is 11.8 Å². The Morgan fingerprint density at radius 3 is 2.16 bits per heavy atom. The van der Waals surface area contributed by atoms with Gasteiger partial charge in [0.2, 0.25) is 11.8 Å². The SMILES string of the molecule is O=C(C1CCCCC1)N(CCN1CCN(c2cccc3c2ccn3C(=O)C2CCCCC2)CC1)c1ccccc1OC(F)(F)F. The number of para-hydroxylation sites is 2. The van der Waals surface area contributed by atoms with E-state index >= 15 is 0 Å². The zero-order valence-corrected chi connectivity index (χ0v) is 25.8. The summed E-state index contributed by atoms with van der Waals surface area (Å²) >= 11 is 0. The topological polar surface area (TPSA) is 58.0 Å². The van der Waals surface area contributed by atoms with Crippen LogP contribution in [-0.4, -0.2) is 66.9 Å². The second kappa shape index (κ2) is 13.8. The Morgan fingerprint density at radius 1 is 0.800 bits per heavy atom. The lowest BCUT2D eigenvalue weighted by Gasteiger charge is -2.38. The second-order valence-corrected chi connectivity index (χ2v) is 12.7. The summed E-state index contributed by atoms with van der Waals surface area (Å²) in [7, 11) is 0. The quantitative estimate of drug-likeness (QED) is 0.260. The average Bonchev–Trinajstić information content (AvgIpc) is 3.50. The van der Waals surface area contributed by atoms with Gasteiger partial charge in [-0.2, -0.15) is 0 Å². The maximum atomic E-state index is 13.7. The fourth-order valence-electron chi connectivity index (χ4n) is 7.43. The van der Waals surface area contributed by atoms with Gasteiger partial charge in [0.1, 0.15) is 0 Å². The highest BCUT2D eigenvalue weighted by Gasteiger charge is 2.35. The summed E-state index contributed by atoms with van der Waals surface area (Å²) in [5.41, 5.74) is 2.22. The van der Waals surface area contributed by atoms with Crippen LogP contribution in [0.25, 0.3) is 10.9 Å². The number of halogens is 3. The van der Waals surface area contributed by atoms with Gasteiger partial charge in [-0.05, 0) is 56.0 Å². The molecule has 3 fully saturated rings. The van der Waals surface area contributed by atoms with Gasteiger partial charge in [-0.3, -0.25) is 19.1 Å². The Balaban J connectivity index is 1.13. The standard InChI is InChI=1S/C35H43F3N4O3/c36-35(37,38)45-32-17-8-7-14-31(32)42(34(44)27-12-5-2-6-13-27)25-22-39-20-23-40(24-21-39)29-15-9-16-30-28(29)18-19-41(30)33(43)26-10-3-1-4-11-26/h7-9,14-19,26-27H,1-6,10-13,20-25H2. The van der Waals surface area contributed by atoms with E-state index < -0.39 is 6.36 Å². The molecule has 2 aromatic carbocycles. The molecule has 0 unspecified atom stereocenters. The molecule has 45 heavy (non-hydrogen) atoms. The molecule has 2 aliphatic carbocycles. The highest BCUT2D eigenvalue weighted by Crippen LogP contribution is 2.36. The highest BCUT2D eigenvalue weighted by atomic mass is 19.4. The molecule has 0 atom stereocenters. The van der Waals surface area contributed by atoms with Gasteiger partial charge in [-0.15, -0.1) is 13.2 Å². The van der Waals surface area contributed by atoms with Gasteiger partial charge in [-0.25, -0.2) is 0 Å². The molecule has 6 rings (SSSR count). The van der Waals surface area contributed by atoms with Crippen LogP contribution in [0.2, 0.25) is 0 Å². The number of nitrogens with zero attached hydrogens (tertiary/aromatic N) is 4. The van der Waals surface area contributed by atoms with Crippen LogP contribution in [0.1, 0.15) is 69.0 Å². The first-order valence-electron chi connectivity index (χ1n) is 16.6. The van der Waals surface area contributed by atoms with Crippen molar-refractivity contribution >= 4 is 34.1 Å². The van der Waals surface area contributed by atoms with Crippen LogP contribution in [0, 0.1) is 11.8 Å². The molecule has 242 valence electrons. The van der Waals surface area contributed by atoms with E-state index in [9.17, 15) is 22.8 Å². The number of benzene rings is 2. The Hall–Kier alpha value is -3.53. The van der Waals surface area contributed by atoms with Gasteiger partial charge in [0.05, 0.1) is 11.2 Å². The van der Waals surface area contributed by atoms with Crippen LogP contribution in [0.4, 0.5) is 24.5 Å². The number of amides is 1. The molecule has 3 aliphatic rings. The van der Waals surface area contributed by atoms with Gasteiger partial charge in [0, 0.05) is 68.4 Å². The summed E-state index contributed by atoms with van der Waals surface area (Å²) in [6.07, 6.45) is 6.95. The zero-order chi connectivity index (χ0) is 31.4. The van der Waals surface area contributed by atoms with E-state index in [1.165, 1.54) is 23.5 Å². The van der Waals surface area contributed by atoms with Crippen LogP contribution in [0.3, 0.4) is 0 Å². The Labute approximate surface area is 262 Å². The molecular weight excluding hydrogens is 581 g/mol. The first-order valence-corrected chi connectivity index (χ1v) is 16.6. The number of rotatable bonds is 8. The third-order valence-electron chi connectivity index (χ3n) is 9.86. The summed E-state index contributed by atoms with van der Waals surface area (Å²) in [5.74, 6) is -0.363. The van der Waals surface area contributed by atoms with Crippen molar-refractivity contribution in [3.8, 4) is 5.75 Å². The molecule has 1 aromatic heterocycles. The van der Waals surface area contributed by atoms with Crippen LogP contribution >= 0.6 is 0 Å². The lowest BCUT2D eigenvalue weighted by molar-refractivity contribution is -0.274. The van der Waals surface area contributed by atoms with Crippen LogP contribution < -0.4 is 14.5 Å². The Morgan fingerprint density at radius 2 is 1.47 bits per heavy atom. The number of fused-ring (bicyclic) bond motifs is 1. The minimum atomic E-state index is -4.85. The van der Waals surface area contributed by atoms with Crippen molar-refractivity contribution in [2.75, 3.05) is 49.1 Å². The van der Waals surface area contributed by atoms with Crippen molar-refractivity contribution in [1.82, 2.24) is 9.47 Å². The summed E-state index contributed by atoms with van der Waals surface area (Å²) in [4.78, 5) is 33.2. The third kappa shape index (κ3) is 7.32. The average molecular weight is 625 g/mol. The van der Waals surface area contributed by atoms with Gasteiger partial charge in [0.25, 0.3) is 0 Å². The Kier molecular flexibility index (Phi) is 9.68. The Bertz CT molecular complexity index is 1470.